The zero-order valence-electron chi connectivity index (χ0n) is 13.6. The van der Waals surface area contributed by atoms with Gasteiger partial charge in [-0.1, -0.05) is 0 Å². The highest BCUT2D eigenvalue weighted by Gasteiger charge is 2.64. The van der Waals surface area contributed by atoms with E-state index in [-0.39, 0.29) is 17.0 Å². The Morgan fingerprint density at radius 2 is 1.96 bits per heavy atom. The van der Waals surface area contributed by atoms with E-state index in [0.717, 1.165) is 17.2 Å². The number of rotatable bonds is 5. The van der Waals surface area contributed by atoms with Gasteiger partial charge in [-0.05, 0) is 0 Å². The van der Waals surface area contributed by atoms with Crippen LogP contribution in [0, 0.1) is 0 Å². The van der Waals surface area contributed by atoms with Crippen LogP contribution in [0.15, 0.2) is 12.7 Å². The fourth-order valence-electron chi connectivity index (χ4n) is 2.84. The van der Waals surface area contributed by atoms with Crippen LogP contribution in [0.25, 0.3) is 11.2 Å². The molecular formula is C11H15FN5O9P2+. The minimum Gasteiger partial charge on any atom is -0.385 e. The first kappa shape index (κ1) is 21.0. The van der Waals surface area contributed by atoms with Crippen LogP contribution >= 0.6 is 15.5 Å². The van der Waals surface area contributed by atoms with Crippen molar-refractivity contribution in [1.82, 2.24) is 19.5 Å². The van der Waals surface area contributed by atoms with Gasteiger partial charge in [0.2, 0.25) is 5.78 Å². The number of nitrogens with zero attached hydrogens (tertiary/aromatic N) is 4. The molecular weight excluding hydrogens is 427 g/mol. The lowest BCUT2D eigenvalue weighted by molar-refractivity contribution is -0.132. The second kappa shape index (κ2) is 6.99. The highest BCUT2D eigenvalue weighted by Crippen LogP contribution is 2.65. The Hall–Kier alpha value is -1.67. The van der Waals surface area contributed by atoms with Crippen molar-refractivity contribution in [3.8, 4) is 0 Å². The Bertz CT molecular complexity index is 962. The van der Waals surface area contributed by atoms with Crippen molar-refractivity contribution in [2.45, 2.75) is 30.0 Å². The highest BCUT2D eigenvalue weighted by atomic mass is 31.3. The van der Waals surface area contributed by atoms with Crippen LogP contribution in [-0.4, -0.2) is 78.7 Å². The van der Waals surface area contributed by atoms with Gasteiger partial charge in [0.25, 0.3) is 0 Å². The van der Waals surface area contributed by atoms with E-state index in [1.807, 2.05) is 0 Å². The van der Waals surface area contributed by atoms with E-state index >= 15 is 0 Å². The van der Waals surface area contributed by atoms with Crippen LogP contribution in [-0.2, 0) is 14.1 Å². The van der Waals surface area contributed by atoms with Crippen LogP contribution in [0.1, 0.15) is 6.23 Å². The second-order valence-corrected chi connectivity index (χ2v) is 9.79. The summed E-state index contributed by atoms with van der Waals surface area (Å²) in [5, 5.41) is 7.10. The van der Waals surface area contributed by atoms with Crippen molar-refractivity contribution >= 4 is 38.3 Å². The van der Waals surface area contributed by atoms with Crippen molar-refractivity contribution in [3.05, 3.63) is 12.7 Å². The summed E-state index contributed by atoms with van der Waals surface area (Å²) in [7, 11) is -11.0. The molecule has 154 valence electrons. The molecule has 28 heavy (non-hydrogen) atoms. The lowest BCUT2D eigenvalue weighted by Gasteiger charge is -2.20. The fraction of sp³-hybridized carbons (Fsp3) is 0.455. The van der Waals surface area contributed by atoms with Gasteiger partial charge in [-0.15, -0.1) is 0 Å². The molecule has 1 fully saturated rings. The molecule has 1 aliphatic rings. The number of Topliss-reactive ketones (excluding diaryl/α,β-unsaturated/α-hetero) is 1. The number of hydrogen-bond acceptors (Lipinski definition) is 11. The first-order chi connectivity index (χ1) is 12.8. The highest BCUT2D eigenvalue weighted by molar-refractivity contribution is 7.76. The summed E-state index contributed by atoms with van der Waals surface area (Å²) >= 11 is 0. The molecule has 8 N–H and O–H groups in total. The fourth-order valence-corrected chi connectivity index (χ4v) is 5.42. The number of aliphatic hydroxyl groups is 1. The number of halogens is 1. The summed E-state index contributed by atoms with van der Waals surface area (Å²) in [5.74, 6) is -1.85. The molecule has 0 spiro atoms. The summed E-state index contributed by atoms with van der Waals surface area (Å²) in [6, 6.07) is 0. The third-order valence-corrected chi connectivity index (χ3v) is 7.67. The maximum absolute atomic E-state index is 14.5. The lowest BCUT2D eigenvalue weighted by atomic mass is 10.1. The van der Waals surface area contributed by atoms with Gasteiger partial charge >= 0.3 is 20.9 Å². The number of anilines is 1. The molecule has 0 aromatic carbocycles. The number of ether oxygens (including phenoxy) is 1. The Morgan fingerprint density at radius 3 is 2.54 bits per heavy atom. The van der Waals surface area contributed by atoms with Gasteiger partial charge in [0.05, 0.1) is 6.33 Å². The predicted molar refractivity (Wildman–Crippen MR) is 89.0 cm³/mol. The maximum atomic E-state index is 14.5. The lowest BCUT2D eigenvalue weighted by Crippen LogP contribution is -2.40. The number of aliphatic hydroxyl groups excluding tert-OH is 1. The molecule has 2 aromatic heterocycles. The smallest absolute Gasteiger partial charge is 0.385 e. The second-order valence-electron chi connectivity index (χ2n) is 5.95. The first-order valence-electron chi connectivity index (χ1n) is 7.40. The number of carbonyl (C=O) groups excluding carboxylic acids is 1. The molecule has 5 atom stereocenters. The van der Waals surface area contributed by atoms with Crippen LogP contribution < -0.4 is 5.73 Å². The van der Waals surface area contributed by atoms with E-state index in [2.05, 4.69) is 15.0 Å². The molecule has 0 bridgehead atoms. The number of alkyl halides is 1. The quantitative estimate of drug-likeness (QED) is 0.244. The molecule has 17 heteroatoms. The summed E-state index contributed by atoms with van der Waals surface area (Å²) in [6.45, 7) is 0. The van der Waals surface area contributed by atoms with E-state index in [4.69, 9.17) is 20.3 Å². The van der Waals surface area contributed by atoms with E-state index < -0.39 is 51.3 Å². The number of carbonyl (C=O) groups is 1. The van der Waals surface area contributed by atoms with Crippen molar-refractivity contribution < 1.29 is 48.1 Å². The van der Waals surface area contributed by atoms with Gasteiger partial charge in [0.15, 0.2) is 30.0 Å². The van der Waals surface area contributed by atoms with Gasteiger partial charge in [-0.3, -0.25) is 13.9 Å². The minimum absolute atomic E-state index is 0.0108. The van der Waals surface area contributed by atoms with Crippen LogP contribution in [0.3, 0.4) is 0 Å². The average Bonchev–Trinajstić information content (AvgIpc) is 3.08. The summed E-state index contributed by atoms with van der Waals surface area (Å²) in [6.07, 6.45) is -6.37. The third kappa shape index (κ3) is 3.52. The molecule has 14 nitrogen and oxygen atoms in total. The van der Waals surface area contributed by atoms with E-state index in [1.165, 1.54) is 0 Å². The maximum Gasteiger partial charge on any atom is 0.427 e. The van der Waals surface area contributed by atoms with Gasteiger partial charge in [-0.2, -0.15) is 14.7 Å². The first-order valence-corrected chi connectivity index (χ1v) is 10.8. The molecule has 3 heterocycles. The zero-order valence-corrected chi connectivity index (χ0v) is 15.4. The third-order valence-electron chi connectivity index (χ3n) is 4.04. The van der Waals surface area contributed by atoms with Gasteiger partial charge in [0.1, 0.15) is 17.9 Å². The Balaban J connectivity index is 1.97. The molecule has 1 aliphatic heterocycles. The van der Waals surface area contributed by atoms with E-state index in [0.29, 0.717) is 0 Å². The number of nitrogen functional groups attached to an aromatic ring is 1. The van der Waals surface area contributed by atoms with Crippen molar-refractivity contribution in [2.75, 3.05) is 5.73 Å². The van der Waals surface area contributed by atoms with Crippen molar-refractivity contribution in [2.24, 2.45) is 0 Å². The molecule has 3 rings (SSSR count). The Morgan fingerprint density at radius 1 is 1.32 bits per heavy atom. The molecule has 1 unspecified atom stereocenters. The number of imidazole rings is 1. The Labute approximate surface area is 155 Å². The molecule has 1 saturated heterocycles. The normalized spacial score (nSPS) is 27.2. The van der Waals surface area contributed by atoms with Crippen LogP contribution in [0.4, 0.5) is 10.2 Å². The van der Waals surface area contributed by atoms with Gasteiger partial charge in [0, 0.05) is 0 Å². The van der Waals surface area contributed by atoms with Gasteiger partial charge in [-0.25, -0.2) is 19.3 Å². The number of aromatic nitrogens is 4. The number of fused-ring (bicyclic) bond motifs is 1. The number of ketones is 1. The largest absolute Gasteiger partial charge is 0.427 e. The summed E-state index contributed by atoms with van der Waals surface area (Å²) < 4.78 is 32.1. The molecule has 0 aliphatic carbocycles. The van der Waals surface area contributed by atoms with Crippen molar-refractivity contribution in [1.29, 1.82) is 0 Å². The minimum atomic E-state index is -5.61. The SMILES string of the molecule is Nc1ncnc2c1ncn2[C@@H]1O[C@H](C(=O)C(P(=O)(O)O)[P+](O)(O)O)[C@@H](F)[C@H]1O. The van der Waals surface area contributed by atoms with E-state index in [9.17, 15) is 33.5 Å². The zero-order chi connectivity index (χ0) is 21.0. The van der Waals surface area contributed by atoms with Crippen LogP contribution in [0.5, 0.6) is 0 Å². The molecule has 0 radical (unpaired) electrons. The van der Waals surface area contributed by atoms with Gasteiger partial charge < -0.3 is 25.4 Å². The predicted octanol–water partition coefficient (Wildman–Crippen LogP) is -2.18. The monoisotopic (exact) mass is 442 g/mol. The molecule has 2 aromatic rings. The summed E-state index contributed by atoms with van der Waals surface area (Å²) in [5.41, 5.74) is 5.71. The van der Waals surface area contributed by atoms with E-state index in [1.54, 1.807) is 0 Å². The number of nitrogens with two attached hydrogens (primary N) is 1. The number of hydrogen-bond donors (Lipinski definition) is 7. The Kier molecular flexibility index (Phi) is 5.25. The molecule has 0 saturated carbocycles. The van der Waals surface area contributed by atoms with Crippen molar-refractivity contribution in [3.63, 3.8) is 0 Å². The summed E-state index contributed by atoms with van der Waals surface area (Å²) in [4.78, 5) is 69.8. The van der Waals surface area contributed by atoms with Crippen LogP contribution in [0.2, 0.25) is 0 Å². The average molecular weight is 442 g/mol. The molecule has 0 amide bonds. The topological polar surface area (TPSA) is 234 Å². The standard InChI is InChI=1S/C11H14FN5O9P2/c12-3-5(18)10(17-2-16-4-8(13)14-1-15-9(4)17)26-7(3)6(19)11(27(20,21)22)28(23,24)25/h1-3,5,7,10-11,18,20-22H,(H3-,13,14,15,23,24,25)/p+1/t3-,5+,7-,10+,11?/m0/s1.